The number of halogens is 1. The molecule has 1 amide bonds. The summed E-state index contributed by atoms with van der Waals surface area (Å²) in [5, 5.41) is 3.14. The second kappa shape index (κ2) is 8.09. The number of quaternary nitrogens is 1. The number of benzene rings is 2. The fourth-order valence-corrected chi connectivity index (χ4v) is 3.93. The van der Waals surface area contributed by atoms with Crippen LogP contribution in [0.1, 0.15) is 23.6 Å². The van der Waals surface area contributed by atoms with Gasteiger partial charge in [0.15, 0.2) is 6.04 Å². The molecule has 4 nitrogen and oxygen atoms in total. The molecule has 1 aliphatic rings. The van der Waals surface area contributed by atoms with Gasteiger partial charge in [-0.1, -0.05) is 17.7 Å². The number of hydrogen-bond donors (Lipinski definition) is 2. The van der Waals surface area contributed by atoms with Crippen molar-refractivity contribution in [1.29, 1.82) is 0 Å². The Morgan fingerprint density at radius 1 is 1.07 bits per heavy atom. The van der Waals surface area contributed by atoms with E-state index in [-0.39, 0.29) is 17.8 Å². The van der Waals surface area contributed by atoms with Gasteiger partial charge in [0.2, 0.25) is 0 Å². The van der Waals surface area contributed by atoms with Crippen LogP contribution in [-0.2, 0) is 4.79 Å². The van der Waals surface area contributed by atoms with Crippen LogP contribution < -0.4 is 15.1 Å². The van der Waals surface area contributed by atoms with E-state index in [4.69, 9.17) is 0 Å². The summed E-state index contributed by atoms with van der Waals surface area (Å²) in [5.74, 6) is -0.148. The SMILES string of the molecule is Cc1cc(C)c(NC(=O)[C@H](C)[NH+]2CCN(c3ccc(F)cc3)CC2)c(C)c1. The highest BCUT2D eigenvalue weighted by molar-refractivity contribution is 5.95. The van der Waals surface area contributed by atoms with Crippen molar-refractivity contribution in [3.05, 3.63) is 58.9 Å². The molecular weight excluding hydrogens is 341 g/mol. The first kappa shape index (κ1) is 19.4. The topological polar surface area (TPSA) is 36.8 Å². The van der Waals surface area contributed by atoms with Crippen LogP contribution in [0.3, 0.4) is 0 Å². The highest BCUT2D eigenvalue weighted by Crippen LogP contribution is 2.22. The van der Waals surface area contributed by atoms with Crippen molar-refractivity contribution in [2.45, 2.75) is 33.7 Å². The van der Waals surface area contributed by atoms with E-state index in [1.54, 1.807) is 0 Å². The summed E-state index contributed by atoms with van der Waals surface area (Å²) in [5.41, 5.74) is 5.38. The van der Waals surface area contributed by atoms with Gasteiger partial charge in [0.1, 0.15) is 5.82 Å². The van der Waals surface area contributed by atoms with E-state index < -0.39 is 0 Å². The molecule has 1 atom stereocenters. The lowest BCUT2D eigenvalue weighted by atomic mass is 10.0. The minimum absolute atomic E-state index is 0.0651. The standard InChI is InChI=1S/C22H28FN3O/c1-15-13-16(2)21(17(3)14-15)24-22(27)18(4)25-9-11-26(12-10-25)20-7-5-19(23)6-8-20/h5-8,13-14,18H,9-12H2,1-4H3,(H,24,27)/p+1/t18-/m0/s1. The number of carbonyl (C=O) groups excluding carboxylic acids is 1. The molecule has 0 spiro atoms. The second-order valence-corrected chi connectivity index (χ2v) is 7.61. The molecular formula is C22H29FN3O+. The van der Waals surface area contributed by atoms with Crippen molar-refractivity contribution in [2.75, 3.05) is 36.4 Å². The van der Waals surface area contributed by atoms with E-state index in [2.05, 4.69) is 29.3 Å². The average Bonchev–Trinajstić information content (AvgIpc) is 2.64. The monoisotopic (exact) mass is 370 g/mol. The molecule has 2 aromatic rings. The number of nitrogens with zero attached hydrogens (tertiary/aromatic N) is 1. The Bertz CT molecular complexity index is 788. The summed E-state index contributed by atoms with van der Waals surface area (Å²) in [6.07, 6.45) is 0. The molecule has 5 heteroatoms. The first-order valence-electron chi connectivity index (χ1n) is 9.59. The van der Waals surface area contributed by atoms with Gasteiger partial charge in [0.25, 0.3) is 5.91 Å². The zero-order valence-electron chi connectivity index (χ0n) is 16.6. The van der Waals surface area contributed by atoms with Gasteiger partial charge >= 0.3 is 0 Å². The third kappa shape index (κ3) is 4.48. The summed E-state index contributed by atoms with van der Waals surface area (Å²) in [7, 11) is 0. The Morgan fingerprint density at radius 2 is 1.63 bits per heavy atom. The molecule has 27 heavy (non-hydrogen) atoms. The third-order valence-corrected chi connectivity index (χ3v) is 5.53. The zero-order chi connectivity index (χ0) is 19.6. The summed E-state index contributed by atoms with van der Waals surface area (Å²) in [6, 6.07) is 10.7. The summed E-state index contributed by atoms with van der Waals surface area (Å²) in [4.78, 5) is 16.3. The average molecular weight is 370 g/mol. The minimum atomic E-state index is -0.213. The molecule has 3 rings (SSSR count). The van der Waals surface area contributed by atoms with Crippen LogP contribution in [-0.4, -0.2) is 38.1 Å². The number of anilines is 2. The highest BCUT2D eigenvalue weighted by Gasteiger charge is 2.29. The van der Waals surface area contributed by atoms with E-state index in [1.165, 1.54) is 22.6 Å². The summed E-state index contributed by atoms with van der Waals surface area (Å²) in [6.45, 7) is 11.6. The number of carbonyl (C=O) groups is 1. The van der Waals surface area contributed by atoms with Crippen LogP contribution in [0.15, 0.2) is 36.4 Å². The smallest absolute Gasteiger partial charge is 0.282 e. The predicted octanol–water partition coefficient (Wildman–Crippen LogP) is 2.48. The first-order valence-corrected chi connectivity index (χ1v) is 9.59. The lowest BCUT2D eigenvalue weighted by molar-refractivity contribution is -0.914. The third-order valence-electron chi connectivity index (χ3n) is 5.53. The molecule has 1 heterocycles. The van der Waals surface area contributed by atoms with Gasteiger partial charge in [-0.05, 0) is 63.1 Å². The van der Waals surface area contributed by atoms with Crippen LogP contribution in [0.2, 0.25) is 0 Å². The van der Waals surface area contributed by atoms with Crippen molar-refractivity contribution in [3.63, 3.8) is 0 Å². The molecule has 0 unspecified atom stereocenters. The van der Waals surface area contributed by atoms with Crippen LogP contribution in [0.25, 0.3) is 0 Å². The molecule has 0 saturated carbocycles. The predicted molar refractivity (Wildman–Crippen MR) is 108 cm³/mol. The van der Waals surface area contributed by atoms with Crippen molar-refractivity contribution in [2.24, 2.45) is 0 Å². The van der Waals surface area contributed by atoms with Crippen LogP contribution in [0.4, 0.5) is 15.8 Å². The quantitative estimate of drug-likeness (QED) is 0.868. The molecule has 1 aliphatic heterocycles. The molecule has 0 aliphatic carbocycles. The van der Waals surface area contributed by atoms with Gasteiger partial charge in [-0.2, -0.15) is 0 Å². The Hall–Kier alpha value is -2.40. The Labute approximate surface area is 161 Å². The fraction of sp³-hybridized carbons (Fsp3) is 0.409. The molecule has 2 N–H and O–H groups in total. The molecule has 0 aromatic heterocycles. The van der Waals surface area contributed by atoms with Crippen molar-refractivity contribution >= 4 is 17.3 Å². The minimum Gasteiger partial charge on any atom is -0.360 e. The number of piperazine rings is 1. The maximum Gasteiger partial charge on any atom is 0.282 e. The van der Waals surface area contributed by atoms with Gasteiger partial charge in [-0.25, -0.2) is 4.39 Å². The maximum atomic E-state index is 13.1. The van der Waals surface area contributed by atoms with E-state index in [0.29, 0.717) is 0 Å². The van der Waals surface area contributed by atoms with Crippen molar-refractivity contribution in [3.8, 4) is 0 Å². The van der Waals surface area contributed by atoms with Gasteiger partial charge < -0.3 is 15.1 Å². The molecule has 2 aromatic carbocycles. The first-order chi connectivity index (χ1) is 12.8. The van der Waals surface area contributed by atoms with E-state index in [0.717, 1.165) is 48.7 Å². The number of hydrogen-bond acceptors (Lipinski definition) is 2. The van der Waals surface area contributed by atoms with Crippen LogP contribution >= 0.6 is 0 Å². The normalized spacial score (nSPS) is 16.3. The van der Waals surface area contributed by atoms with Crippen LogP contribution in [0.5, 0.6) is 0 Å². The van der Waals surface area contributed by atoms with Gasteiger partial charge in [0, 0.05) is 11.4 Å². The van der Waals surface area contributed by atoms with Crippen molar-refractivity contribution in [1.82, 2.24) is 0 Å². The second-order valence-electron chi connectivity index (χ2n) is 7.61. The van der Waals surface area contributed by atoms with Gasteiger partial charge in [0.05, 0.1) is 26.2 Å². The Balaban J connectivity index is 1.59. The van der Waals surface area contributed by atoms with E-state index >= 15 is 0 Å². The lowest BCUT2D eigenvalue weighted by Crippen LogP contribution is -3.19. The maximum absolute atomic E-state index is 13.1. The fourth-order valence-electron chi connectivity index (χ4n) is 3.93. The number of aryl methyl sites for hydroxylation is 3. The Kier molecular flexibility index (Phi) is 5.80. The molecule has 0 bridgehead atoms. The Morgan fingerprint density at radius 3 is 2.19 bits per heavy atom. The molecule has 1 fully saturated rings. The van der Waals surface area contributed by atoms with E-state index in [9.17, 15) is 9.18 Å². The summed E-state index contributed by atoms with van der Waals surface area (Å²) >= 11 is 0. The number of nitrogens with one attached hydrogen (secondary N) is 2. The van der Waals surface area contributed by atoms with E-state index in [1.807, 2.05) is 32.9 Å². The lowest BCUT2D eigenvalue weighted by Gasteiger charge is -2.36. The number of rotatable bonds is 4. The van der Waals surface area contributed by atoms with Gasteiger partial charge in [-0.3, -0.25) is 4.79 Å². The molecule has 0 radical (unpaired) electrons. The van der Waals surface area contributed by atoms with Crippen LogP contribution in [0, 0.1) is 26.6 Å². The molecule has 144 valence electrons. The van der Waals surface area contributed by atoms with Crippen molar-refractivity contribution < 1.29 is 14.1 Å². The largest absolute Gasteiger partial charge is 0.360 e. The zero-order valence-corrected chi connectivity index (χ0v) is 16.6. The number of amides is 1. The molecule has 1 saturated heterocycles. The van der Waals surface area contributed by atoms with Gasteiger partial charge in [-0.15, -0.1) is 0 Å². The summed E-state index contributed by atoms with van der Waals surface area (Å²) < 4.78 is 13.1. The highest BCUT2D eigenvalue weighted by atomic mass is 19.1.